The third-order valence-electron chi connectivity index (χ3n) is 3.90. The number of nitrogens with zero attached hydrogens (tertiary/aromatic N) is 4. The number of rotatable bonds is 3. The van der Waals surface area contributed by atoms with Crippen LogP contribution < -0.4 is 0 Å². The molecular formula is C20H12Br2N4. The summed E-state index contributed by atoms with van der Waals surface area (Å²) in [6, 6.07) is 16.0. The van der Waals surface area contributed by atoms with E-state index >= 15 is 0 Å². The monoisotopic (exact) mass is 466 g/mol. The van der Waals surface area contributed by atoms with Crippen molar-refractivity contribution in [3.8, 4) is 33.6 Å². The second-order valence-corrected chi connectivity index (χ2v) is 7.22. The first-order valence-electron chi connectivity index (χ1n) is 7.85. The Balaban J connectivity index is 1.75. The van der Waals surface area contributed by atoms with E-state index in [1.54, 1.807) is 24.8 Å². The first kappa shape index (κ1) is 17.0. The molecule has 26 heavy (non-hydrogen) atoms. The quantitative estimate of drug-likeness (QED) is 0.357. The van der Waals surface area contributed by atoms with Gasteiger partial charge in [-0.2, -0.15) is 0 Å². The minimum Gasteiger partial charge on any atom is -0.255 e. The van der Waals surface area contributed by atoms with Crippen molar-refractivity contribution in [1.82, 2.24) is 19.9 Å². The molecule has 4 heterocycles. The molecule has 4 aromatic heterocycles. The molecule has 0 aliphatic carbocycles. The van der Waals surface area contributed by atoms with Gasteiger partial charge in [0.25, 0.3) is 0 Å². The molecule has 4 aromatic rings. The summed E-state index contributed by atoms with van der Waals surface area (Å²) < 4.78 is 1.61. The minimum absolute atomic E-state index is 0.803. The van der Waals surface area contributed by atoms with Gasteiger partial charge in [0.15, 0.2) is 0 Å². The van der Waals surface area contributed by atoms with E-state index in [2.05, 4.69) is 51.8 Å². The highest BCUT2D eigenvalue weighted by atomic mass is 79.9. The molecule has 0 unspecified atom stereocenters. The summed E-state index contributed by atoms with van der Waals surface area (Å²) in [6.45, 7) is 0. The Labute approximate surface area is 167 Å². The van der Waals surface area contributed by atoms with Crippen molar-refractivity contribution in [2.24, 2.45) is 0 Å². The average molecular weight is 468 g/mol. The molecule has 0 spiro atoms. The highest BCUT2D eigenvalue weighted by molar-refractivity contribution is 9.10. The minimum atomic E-state index is 0.803. The molecule has 0 fully saturated rings. The predicted octanol–water partition coefficient (Wildman–Crippen LogP) is 5.79. The number of pyridine rings is 4. The van der Waals surface area contributed by atoms with E-state index in [0.717, 1.165) is 42.8 Å². The molecule has 4 rings (SSSR count). The van der Waals surface area contributed by atoms with Gasteiger partial charge in [0, 0.05) is 24.8 Å². The average Bonchev–Trinajstić information content (AvgIpc) is 2.68. The lowest BCUT2D eigenvalue weighted by molar-refractivity contribution is 1.24. The largest absolute Gasteiger partial charge is 0.255 e. The standard InChI is InChI=1S/C20H12Br2N4/c21-19-11-15(3-7-25-19)13-1-5-23-17(9-13)18-10-14(2-6-24-18)16-4-8-26-20(22)12-16/h1-12H. The first-order valence-corrected chi connectivity index (χ1v) is 9.44. The normalized spacial score (nSPS) is 10.7. The summed E-state index contributed by atoms with van der Waals surface area (Å²) in [5.41, 5.74) is 5.93. The summed E-state index contributed by atoms with van der Waals surface area (Å²) in [4.78, 5) is 17.4. The molecule has 6 heteroatoms. The zero-order valence-electron chi connectivity index (χ0n) is 13.5. The Bertz CT molecular complexity index is 995. The van der Waals surface area contributed by atoms with Crippen LogP contribution in [0.25, 0.3) is 33.6 Å². The third kappa shape index (κ3) is 3.71. The molecule has 126 valence electrons. The van der Waals surface area contributed by atoms with E-state index in [1.165, 1.54) is 0 Å². The highest BCUT2D eigenvalue weighted by Crippen LogP contribution is 2.28. The zero-order chi connectivity index (χ0) is 17.9. The van der Waals surface area contributed by atoms with Crippen molar-refractivity contribution in [3.05, 3.63) is 82.5 Å². The molecular weight excluding hydrogens is 456 g/mol. The number of hydrogen-bond acceptors (Lipinski definition) is 4. The van der Waals surface area contributed by atoms with Crippen molar-refractivity contribution in [1.29, 1.82) is 0 Å². The van der Waals surface area contributed by atoms with Gasteiger partial charge in [0.2, 0.25) is 0 Å². The third-order valence-corrected chi connectivity index (χ3v) is 4.77. The van der Waals surface area contributed by atoms with Gasteiger partial charge in [-0.15, -0.1) is 0 Å². The highest BCUT2D eigenvalue weighted by Gasteiger charge is 2.07. The summed E-state index contributed by atoms with van der Waals surface area (Å²) in [5.74, 6) is 0. The fourth-order valence-electron chi connectivity index (χ4n) is 2.66. The molecule has 4 nitrogen and oxygen atoms in total. The Morgan fingerprint density at radius 3 is 1.19 bits per heavy atom. The molecule has 0 aromatic carbocycles. The van der Waals surface area contributed by atoms with Crippen LogP contribution >= 0.6 is 31.9 Å². The van der Waals surface area contributed by atoms with Crippen LogP contribution in [0.2, 0.25) is 0 Å². The molecule has 0 aliphatic rings. The van der Waals surface area contributed by atoms with Crippen molar-refractivity contribution in [2.45, 2.75) is 0 Å². The van der Waals surface area contributed by atoms with Crippen LogP contribution in [-0.2, 0) is 0 Å². The van der Waals surface area contributed by atoms with Crippen LogP contribution in [0.3, 0.4) is 0 Å². The van der Waals surface area contributed by atoms with Crippen LogP contribution in [0.4, 0.5) is 0 Å². The van der Waals surface area contributed by atoms with Gasteiger partial charge in [-0.1, -0.05) is 0 Å². The van der Waals surface area contributed by atoms with Gasteiger partial charge in [-0.25, -0.2) is 9.97 Å². The van der Waals surface area contributed by atoms with Crippen LogP contribution in [0.5, 0.6) is 0 Å². The van der Waals surface area contributed by atoms with Crippen molar-refractivity contribution in [3.63, 3.8) is 0 Å². The van der Waals surface area contributed by atoms with Crippen molar-refractivity contribution >= 4 is 31.9 Å². The van der Waals surface area contributed by atoms with Crippen molar-refractivity contribution in [2.75, 3.05) is 0 Å². The molecule has 0 saturated heterocycles. The van der Waals surface area contributed by atoms with Crippen LogP contribution in [-0.4, -0.2) is 19.9 Å². The maximum absolute atomic E-state index is 4.50. The second-order valence-electron chi connectivity index (χ2n) is 5.59. The molecule has 0 amide bonds. The molecule has 0 bridgehead atoms. The zero-order valence-corrected chi connectivity index (χ0v) is 16.6. The fourth-order valence-corrected chi connectivity index (χ4v) is 3.39. The predicted molar refractivity (Wildman–Crippen MR) is 109 cm³/mol. The van der Waals surface area contributed by atoms with E-state index in [1.807, 2.05) is 48.5 Å². The van der Waals surface area contributed by atoms with Crippen molar-refractivity contribution < 1.29 is 0 Å². The summed E-state index contributed by atoms with van der Waals surface area (Å²) in [7, 11) is 0. The van der Waals surface area contributed by atoms with E-state index in [4.69, 9.17) is 0 Å². The summed E-state index contributed by atoms with van der Waals surface area (Å²) in [5, 5.41) is 0. The first-order chi connectivity index (χ1) is 12.7. The van der Waals surface area contributed by atoms with Gasteiger partial charge in [0.05, 0.1) is 11.4 Å². The number of halogens is 2. The molecule has 0 saturated carbocycles. The molecule has 0 aliphatic heterocycles. The lowest BCUT2D eigenvalue weighted by Crippen LogP contribution is -1.90. The molecule has 0 N–H and O–H groups in total. The van der Waals surface area contributed by atoms with E-state index in [9.17, 15) is 0 Å². The topological polar surface area (TPSA) is 51.6 Å². The van der Waals surface area contributed by atoms with Crippen LogP contribution in [0, 0.1) is 0 Å². The molecule has 0 radical (unpaired) electrons. The SMILES string of the molecule is Brc1cc(-c2ccnc(-c3cc(-c4ccnc(Br)c4)ccn3)c2)ccn1. The van der Waals surface area contributed by atoms with Gasteiger partial charge < -0.3 is 0 Å². The maximum Gasteiger partial charge on any atom is 0.106 e. The van der Waals surface area contributed by atoms with Crippen LogP contribution in [0.1, 0.15) is 0 Å². The Hall–Kier alpha value is -2.44. The Kier molecular flexibility index (Phi) is 4.86. The summed E-state index contributed by atoms with van der Waals surface area (Å²) in [6.07, 6.45) is 7.16. The van der Waals surface area contributed by atoms with Gasteiger partial charge >= 0.3 is 0 Å². The number of hydrogen-bond donors (Lipinski definition) is 0. The smallest absolute Gasteiger partial charge is 0.106 e. The second kappa shape index (κ2) is 7.43. The maximum atomic E-state index is 4.50. The Morgan fingerprint density at radius 2 is 0.808 bits per heavy atom. The lowest BCUT2D eigenvalue weighted by atomic mass is 10.0. The van der Waals surface area contributed by atoms with E-state index in [0.29, 0.717) is 0 Å². The van der Waals surface area contributed by atoms with Gasteiger partial charge in [-0.3, -0.25) is 9.97 Å². The lowest BCUT2D eigenvalue weighted by Gasteiger charge is -2.07. The fraction of sp³-hybridized carbons (Fsp3) is 0. The van der Waals surface area contributed by atoms with Gasteiger partial charge in [0.1, 0.15) is 9.21 Å². The Morgan fingerprint density at radius 1 is 0.462 bits per heavy atom. The summed E-state index contributed by atoms with van der Waals surface area (Å²) >= 11 is 6.83. The van der Waals surface area contributed by atoms with Crippen LogP contribution in [0.15, 0.2) is 82.5 Å². The van der Waals surface area contributed by atoms with E-state index < -0.39 is 0 Å². The van der Waals surface area contributed by atoms with Gasteiger partial charge in [-0.05, 0) is 103 Å². The van der Waals surface area contributed by atoms with E-state index in [-0.39, 0.29) is 0 Å². The molecule has 0 atom stereocenters. The number of aromatic nitrogens is 4.